The molecule has 1 aliphatic rings. The van der Waals surface area contributed by atoms with Gasteiger partial charge in [-0.3, -0.25) is 4.79 Å². The van der Waals surface area contributed by atoms with Gasteiger partial charge in [0.05, 0.1) is 0 Å². The van der Waals surface area contributed by atoms with Gasteiger partial charge >= 0.3 is 12.0 Å². The Morgan fingerprint density at radius 2 is 1.81 bits per heavy atom. The highest BCUT2D eigenvalue weighted by Crippen LogP contribution is 2.09. The molecule has 1 aliphatic heterocycles. The van der Waals surface area contributed by atoms with Crippen LogP contribution in [0.15, 0.2) is 0 Å². The Kier molecular flexibility index (Phi) is 7.52. The minimum Gasteiger partial charge on any atom is -0.480 e. The molecule has 21 heavy (non-hydrogen) atoms. The summed E-state index contributed by atoms with van der Waals surface area (Å²) >= 11 is 0. The number of aliphatic hydroxyl groups is 1. The number of carbonyl (C=O) groups is 3. The molecular weight excluding hydrogens is 278 g/mol. The molecule has 0 saturated carbocycles. The third kappa shape index (κ3) is 6.44. The summed E-state index contributed by atoms with van der Waals surface area (Å²) < 4.78 is 0. The molecule has 3 amide bonds. The second-order valence-electron chi connectivity index (χ2n) is 4.99. The second kappa shape index (κ2) is 9.17. The van der Waals surface area contributed by atoms with E-state index in [9.17, 15) is 14.4 Å². The lowest BCUT2D eigenvalue weighted by Gasteiger charge is -2.26. The maximum absolute atomic E-state index is 11.8. The predicted octanol–water partition coefficient (Wildman–Crippen LogP) is -0.476. The van der Waals surface area contributed by atoms with E-state index in [1.807, 2.05) is 0 Å². The number of amides is 3. The lowest BCUT2D eigenvalue weighted by molar-refractivity contribution is -0.139. The average Bonchev–Trinajstić information content (AvgIpc) is 2.47. The molecule has 0 aromatic heterocycles. The monoisotopic (exact) mass is 301 g/mol. The van der Waals surface area contributed by atoms with Crippen molar-refractivity contribution < 1.29 is 24.6 Å². The third-order valence-electron chi connectivity index (χ3n) is 3.35. The zero-order valence-electron chi connectivity index (χ0n) is 12.0. The van der Waals surface area contributed by atoms with Gasteiger partial charge in [0.25, 0.3) is 0 Å². The first-order valence-corrected chi connectivity index (χ1v) is 7.20. The van der Waals surface area contributed by atoms with Crippen LogP contribution in [-0.2, 0) is 9.59 Å². The lowest BCUT2D eigenvalue weighted by Crippen LogP contribution is -2.47. The number of nitrogens with zero attached hydrogens (tertiary/aromatic N) is 1. The topological polar surface area (TPSA) is 119 Å². The number of likely N-dealkylation sites (tertiary alicyclic amines) is 1. The average molecular weight is 301 g/mol. The molecule has 0 aromatic carbocycles. The zero-order chi connectivity index (χ0) is 15.7. The molecule has 1 rings (SSSR count). The third-order valence-corrected chi connectivity index (χ3v) is 3.35. The van der Waals surface area contributed by atoms with E-state index in [0.29, 0.717) is 0 Å². The molecule has 0 radical (unpaired) electrons. The van der Waals surface area contributed by atoms with E-state index < -0.39 is 18.0 Å². The van der Waals surface area contributed by atoms with Crippen molar-refractivity contribution in [2.24, 2.45) is 0 Å². The second-order valence-corrected chi connectivity index (χ2v) is 4.99. The minimum atomic E-state index is -1.21. The molecular formula is C13H23N3O5. The van der Waals surface area contributed by atoms with E-state index in [1.165, 1.54) is 0 Å². The highest BCUT2D eigenvalue weighted by atomic mass is 16.4. The normalized spacial score (nSPS) is 16.1. The van der Waals surface area contributed by atoms with Crippen LogP contribution in [-0.4, -0.2) is 65.3 Å². The first-order chi connectivity index (χ1) is 10.0. The van der Waals surface area contributed by atoms with Crippen LogP contribution in [0.1, 0.15) is 32.1 Å². The molecule has 8 heteroatoms. The Labute approximate surface area is 123 Å². The van der Waals surface area contributed by atoms with E-state index >= 15 is 0 Å². The minimum absolute atomic E-state index is 0.000132. The van der Waals surface area contributed by atoms with Gasteiger partial charge in [0, 0.05) is 39.1 Å². The molecule has 0 aromatic rings. The number of hydrogen-bond donors (Lipinski definition) is 4. The van der Waals surface area contributed by atoms with Crippen molar-refractivity contribution in [2.75, 3.05) is 26.2 Å². The van der Waals surface area contributed by atoms with E-state index in [4.69, 9.17) is 10.2 Å². The number of hydrogen-bond acceptors (Lipinski definition) is 4. The maximum Gasteiger partial charge on any atom is 0.326 e. The Hall–Kier alpha value is -1.83. The fourth-order valence-electron chi connectivity index (χ4n) is 2.18. The molecule has 1 fully saturated rings. The summed E-state index contributed by atoms with van der Waals surface area (Å²) in [5.74, 6) is -1.20. The number of urea groups is 1. The van der Waals surface area contributed by atoms with Crippen LogP contribution in [0.5, 0.6) is 0 Å². The summed E-state index contributed by atoms with van der Waals surface area (Å²) in [4.78, 5) is 35.9. The van der Waals surface area contributed by atoms with Crippen molar-refractivity contribution in [3.63, 3.8) is 0 Å². The van der Waals surface area contributed by atoms with Crippen LogP contribution in [0.4, 0.5) is 4.79 Å². The molecule has 0 unspecified atom stereocenters. The van der Waals surface area contributed by atoms with Crippen LogP contribution < -0.4 is 10.6 Å². The van der Waals surface area contributed by atoms with Gasteiger partial charge in [-0.25, -0.2) is 9.59 Å². The van der Waals surface area contributed by atoms with Crippen molar-refractivity contribution in [3.05, 3.63) is 0 Å². The fourth-order valence-corrected chi connectivity index (χ4v) is 2.18. The number of nitrogens with one attached hydrogen (secondary N) is 2. The summed E-state index contributed by atoms with van der Waals surface area (Å²) in [6.45, 7) is 1.36. The standard InChI is InChI=1S/C13H23N3O5/c17-9-5-10(12(19)20)15-13(21)14-6-4-11(18)16-7-2-1-3-8-16/h10,17H,1-9H2,(H,19,20)(H2,14,15,21)/t10-/m0/s1. The van der Waals surface area contributed by atoms with E-state index in [-0.39, 0.29) is 31.9 Å². The van der Waals surface area contributed by atoms with Gasteiger partial charge in [-0.15, -0.1) is 0 Å². The highest BCUT2D eigenvalue weighted by molar-refractivity contribution is 5.83. The molecule has 120 valence electrons. The van der Waals surface area contributed by atoms with Crippen molar-refractivity contribution in [2.45, 2.75) is 38.1 Å². The molecule has 4 N–H and O–H groups in total. The first-order valence-electron chi connectivity index (χ1n) is 7.20. The highest BCUT2D eigenvalue weighted by Gasteiger charge is 2.20. The number of carbonyl (C=O) groups excluding carboxylic acids is 2. The smallest absolute Gasteiger partial charge is 0.326 e. The number of aliphatic hydroxyl groups excluding tert-OH is 1. The summed E-state index contributed by atoms with van der Waals surface area (Å²) in [5.41, 5.74) is 0. The van der Waals surface area contributed by atoms with E-state index in [1.54, 1.807) is 4.90 Å². The number of carboxylic acid groups (broad SMARTS) is 1. The number of piperidine rings is 1. The van der Waals surface area contributed by atoms with Crippen molar-refractivity contribution in [3.8, 4) is 0 Å². The predicted molar refractivity (Wildman–Crippen MR) is 74.7 cm³/mol. The first kappa shape index (κ1) is 17.2. The van der Waals surface area contributed by atoms with Gasteiger partial charge in [0.15, 0.2) is 0 Å². The molecule has 0 spiro atoms. The molecule has 8 nitrogen and oxygen atoms in total. The van der Waals surface area contributed by atoms with Crippen LogP contribution in [0.3, 0.4) is 0 Å². The Morgan fingerprint density at radius 1 is 1.14 bits per heavy atom. The van der Waals surface area contributed by atoms with Crippen LogP contribution in [0.25, 0.3) is 0 Å². The van der Waals surface area contributed by atoms with Crippen molar-refractivity contribution in [1.29, 1.82) is 0 Å². The number of aliphatic carboxylic acids is 1. The van der Waals surface area contributed by atoms with Crippen LogP contribution >= 0.6 is 0 Å². The molecule has 1 heterocycles. The number of rotatable bonds is 7. The zero-order valence-corrected chi connectivity index (χ0v) is 12.0. The Bertz CT molecular complexity index is 369. The lowest BCUT2D eigenvalue weighted by atomic mass is 10.1. The van der Waals surface area contributed by atoms with Gasteiger partial charge < -0.3 is 25.7 Å². The van der Waals surface area contributed by atoms with Gasteiger partial charge in [-0.1, -0.05) is 0 Å². The van der Waals surface area contributed by atoms with E-state index in [2.05, 4.69) is 10.6 Å². The van der Waals surface area contributed by atoms with Crippen LogP contribution in [0.2, 0.25) is 0 Å². The molecule has 0 bridgehead atoms. The van der Waals surface area contributed by atoms with Crippen LogP contribution in [0, 0.1) is 0 Å². The van der Waals surface area contributed by atoms with Crippen molar-refractivity contribution in [1.82, 2.24) is 15.5 Å². The largest absolute Gasteiger partial charge is 0.480 e. The number of carboxylic acids is 1. The Morgan fingerprint density at radius 3 is 2.38 bits per heavy atom. The summed E-state index contributed by atoms with van der Waals surface area (Å²) in [5, 5.41) is 22.2. The maximum atomic E-state index is 11.8. The van der Waals surface area contributed by atoms with E-state index in [0.717, 1.165) is 32.4 Å². The van der Waals surface area contributed by atoms with Gasteiger partial charge in [-0.2, -0.15) is 0 Å². The summed E-state index contributed by atoms with van der Waals surface area (Å²) in [6.07, 6.45) is 3.31. The quantitative estimate of drug-likeness (QED) is 0.506. The SMILES string of the molecule is O=C(NCCC(=O)N1CCCCC1)N[C@@H](CCO)C(=O)O. The summed E-state index contributed by atoms with van der Waals surface area (Å²) in [7, 11) is 0. The molecule has 1 atom stereocenters. The fraction of sp³-hybridized carbons (Fsp3) is 0.769. The molecule has 1 saturated heterocycles. The Balaban J connectivity index is 2.22. The van der Waals surface area contributed by atoms with Gasteiger partial charge in [0.1, 0.15) is 6.04 Å². The van der Waals surface area contributed by atoms with Gasteiger partial charge in [-0.05, 0) is 19.3 Å². The molecule has 0 aliphatic carbocycles. The summed E-state index contributed by atoms with van der Waals surface area (Å²) in [6, 6.07) is -1.78. The van der Waals surface area contributed by atoms with Crippen molar-refractivity contribution >= 4 is 17.9 Å². The van der Waals surface area contributed by atoms with Gasteiger partial charge in [0.2, 0.25) is 5.91 Å².